The molecule has 0 unspecified atom stereocenters. The molecule has 4 aromatic heterocycles. The van der Waals surface area contributed by atoms with Crippen LogP contribution in [0.1, 0.15) is 0 Å². The van der Waals surface area contributed by atoms with Crippen LogP contribution in [0.3, 0.4) is 0 Å². The summed E-state index contributed by atoms with van der Waals surface area (Å²) in [7, 11) is 0. The van der Waals surface area contributed by atoms with Gasteiger partial charge in [-0.05, 0) is 35.0 Å². The van der Waals surface area contributed by atoms with Gasteiger partial charge in [-0.15, -0.1) is 0 Å². The molecule has 0 N–H and O–H groups in total. The largest absolute Gasteiger partial charge is 0.228 e. The average Bonchev–Trinajstić information content (AvgIpc) is 3.23. The van der Waals surface area contributed by atoms with Crippen LogP contribution in [0.5, 0.6) is 0 Å². The number of benzene rings is 6. The van der Waals surface area contributed by atoms with Crippen LogP contribution in [0, 0.1) is 0 Å². The zero-order chi connectivity index (χ0) is 34.4. The lowest BCUT2D eigenvalue weighted by molar-refractivity contribution is 1.18. The van der Waals surface area contributed by atoms with Crippen molar-refractivity contribution in [2.75, 3.05) is 0 Å². The minimum atomic E-state index is 0.461. The number of fused-ring (bicyclic) bond motifs is 20. The molecule has 0 radical (unpaired) electrons. The minimum absolute atomic E-state index is 0.461. The maximum absolute atomic E-state index is 5.18. The number of hydrogen-bond acceptors (Lipinski definition) is 8. The first-order valence-electron chi connectivity index (χ1n) is 16.9. The van der Waals surface area contributed by atoms with Gasteiger partial charge in [0.2, 0.25) is 0 Å². The minimum Gasteiger partial charge on any atom is -0.228 e. The molecule has 8 nitrogen and oxygen atoms in total. The van der Waals surface area contributed by atoms with Gasteiger partial charge in [-0.25, -0.2) is 39.9 Å². The summed E-state index contributed by atoms with van der Waals surface area (Å²) in [6, 6.07) is 52.4. The first-order valence-corrected chi connectivity index (χ1v) is 16.9. The van der Waals surface area contributed by atoms with Crippen LogP contribution in [0.15, 0.2) is 158 Å². The van der Waals surface area contributed by atoms with Crippen molar-refractivity contribution in [3.63, 3.8) is 0 Å². The number of aromatic nitrogens is 8. The molecule has 0 saturated heterocycles. The zero-order valence-corrected chi connectivity index (χ0v) is 27.6. The summed E-state index contributed by atoms with van der Waals surface area (Å²) in [4.78, 5) is 40.4. The zero-order valence-electron chi connectivity index (χ0n) is 27.6. The first-order chi connectivity index (χ1) is 25.7. The fraction of sp³-hybridized carbons (Fsp3) is 0. The van der Waals surface area contributed by atoms with E-state index in [0.29, 0.717) is 45.4 Å². The third-order valence-corrected chi connectivity index (χ3v) is 9.10. The summed E-state index contributed by atoms with van der Waals surface area (Å²) in [5.41, 5.74) is 5.85. The summed E-state index contributed by atoms with van der Waals surface area (Å²) in [6.45, 7) is 0. The molecule has 6 aromatic carbocycles. The van der Waals surface area contributed by atoms with Crippen LogP contribution in [-0.2, 0) is 0 Å². The fourth-order valence-corrected chi connectivity index (χ4v) is 6.53. The summed E-state index contributed by atoms with van der Waals surface area (Å²) < 4.78 is 0. The van der Waals surface area contributed by atoms with Crippen molar-refractivity contribution in [1.29, 1.82) is 0 Å². The SMILES string of the molecule is c1ccc(-c2nc3nc(n2)c2cccc(c2)c2nc4ccccc4c(n2)c2nc(-c4ccccc4)nc(n2)c2cccc(c2)c2cccc3c2)cc1. The molecule has 242 valence electrons. The number of para-hydroxylation sites is 1. The molecule has 10 aromatic rings. The molecule has 0 spiro atoms. The Labute approximate surface area is 296 Å². The Morgan fingerprint density at radius 1 is 0.269 bits per heavy atom. The molecule has 0 aliphatic rings. The highest BCUT2D eigenvalue weighted by Gasteiger charge is 2.12. The van der Waals surface area contributed by atoms with E-state index in [0.717, 1.165) is 54.3 Å². The van der Waals surface area contributed by atoms with E-state index in [9.17, 15) is 0 Å². The maximum atomic E-state index is 5.18. The predicted octanol–water partition coefficient (Wildman–Crippen LogP) is 9.94. The summed E-state index contributed by atoms with van der Waals surface area (Å²) in [5, 5.41) is 6.20. The van der Waals surface area contributed by atoms with E-state index >= 15 is 0 Å². The molecule has 0 aliphatic carbocycles. The van der Waals surface area contributed by atoms with E-state index in [1.165, 1.54) is 0 Å². The second-order valence-corrected chi connectivity index (χ2v) is 12.5. The van der Waals surface area contributed by atoms with Gasteiger partial charge in [-0.3, -0.25) is 0 Å². The fourth-order valence-electron chi connectivity index (χ4n) is 6.53. The molecule has 8 heteroatoms. The van der Waals surface area contributed by atoms with Gasteiger partial charge >= 0.3 is 0 Å². The van der Waals surface area contributed by atoms with Crippen molar-refractivity contribution in [1.82, 2.24) is 39.9 Å². The Kier molecular flexibility index (Phi) is 6.95. The van der Waals surface area contributed by atoms with E-state index in [2.05, 4.69) is 24.3 Å². The Hall–Kier alpha value is -7.32. The Bertz CT molecular complexity index is 3130. The molecule has 0 fully saturated rings. The Morgan fingerprint density at radius 2 is 0.673 bits per heavy atom. The molecule has 0 amide bonds. The van der Waals surface area contributed by atoms with Gasteiger partial charge in [0.05, 0.1) is 5.52 Å². The lowest BCUT2D eigenvalue weighted by Gasteiger charge is -2.06. The lowest BCUT2D eigenvalue weighted by Crippen LogP contribution is -1.96. The number of nitrogens with zero attached hydrogens (tertiary/aromatic N) is 8. The predicted molar refractivity (Wildman–Crippen MR) is 209 cm³/mol. The van der Waals surface area contributed by atoms with Gasteiger partial charge < -0.3 is 0 Å². The molecule has 0 saturated carbocycles. The maximum Gasteiger partial charge on any atom is 0.183 e. The van der Waals surface area contributed by atoms with Gasteiger partial charge in [-0.2, -0.15) is 0 Å². The number of rotatable bonds is 2. The summed E-state index contributed by atoms with van der Waals surface area (Å²) >= 11 is 0. The standard InChI is InChI=1S/C44H26N8/c1-3-12-27(13-4-1)38-47-41-31-18-9-16-29(24-31)30-17-10-19-32(25-30)43-49-39(28-14-5-2-6-15-28)51-44(52-43)37-35-22-7-8-23-36(35)45-40(46-37)33-20-11-21-34(26-33)42(48-38)50-41/h1-26H. The molecule has 4 heterocycles. The van der Waals surface area contributed by atoms with Crippen molar-refractivity contribution < 1.29 is 0 Å². The van der Waals surface area contributed by atoms with Crippen LogP contribution >= 0.6 is 0 Å². The molecule has 0 aliphatic heterocycles. The van der Waals surface area contributed by atoms with Gasteiger partial charge in [-0.1, -0.05) is 133 Å². The van der Waals surface area contributed by atoms with E-state index in [4.69, 9.17) is 39.9 Å². The van der Waals surface area contributed by atoms with Crippen LogP contribution in [0.2, 0.25) is 0 Å². The normalized spacial score (nSPS) is 11.5. The molecular formula is C44H26N8. The smallest absolute Gasteiger partial charge is 0.183 e. The van der Waals surface area contributed by atoms with Gasteiger partial charge in [0.25, 0.3) is 0 Å². The van der Waals surface area contributed by atoms with Gasteiger partial charge in [0.15, 0.2) is 39.9 Å². The van der Waals surface area contributed by atoms with Gasteiger partial charge in [0.1, 0.15) is 5.52 Å². The van der Waals surface area contributed by atoms with Crippen LogP contribution in [0.25, 0.3) is 99.7 Å². The van der Waals surface area contributed by atoms with Crippen molar-refractivity contribution in [3.8, 4) is 22.8 Å². The monoisotopic (exact) mass is 666 g/mol. The van der Waals surface area contributed by atoms with E-state index in [-0.39, 0.29) is 0 Å². The summed E-state index contributed by atoms with van der Waals surface area (Å²) in [5.74, 6) is 1.15. The van der Waals surface area contributed by atoms with Crippen molar-refractivity contribution in [2.45, 2.75) is 0 Å². The van der Waals surface area contributed by atoms with Crippen LogP contribution < -0.4 is 0 Å². The molecular weight excluding hydrogens is 641 g/mol. The first kappa shape index (κ1) is 29.6. The number of hydrogen-bond donors (Lipinski definition) is 0. The van der Waals surface area contributed by atoms with E-state index in [1.54, 1.807) is 0 Å². The van der Waals surface area contributed by atoms with Crippen LogP contribution in [0.4, 0.5) is 0 Å². The molecule has 0 atom stereocenters. The third kappa shape index (κ3) is 5.35. The quantitative estimate of drug-likeness (QED) is 0.180. The highest BCUT2D eigenvalue weighted by molar-refractivity contribution is 6.03. The van der Waals surface area contributed by atoms with Crippen molar-refractivity contribution >= 4 is 77.0 Å². The topological polar surface area (TPSA) is 103 Å². The Morgan fingerprint density at radius 3 is 1.21 bits per heavy atom. The Balaban J connectivity index is 1.43. The molecule has 12 bridgehead atoms. The highest BCUT2D eigenvalue weighted by Crippen LogP contribution is 2.27. The third-order valence-electron chi connectivity index (χ3n) is 9.10. The molecule has 10 rings (SSSR count). The average molecular weight is 667 g/mol. The van der Waals surface area contributed by atoms with E-state index in [1.807, 2.05) is 133 Å². The van der Waals surface area contributed by atoms with Gasteiger partial charge in [0, 0.05) is 38.1 Å². The lowest BCUT2D eigenvalue weighted by atomic mass is 10.1. The second-order valence-electron chi connectivity index (χ2n) is 12.5. The van der Waals surface area contributed by atoms with E-state index < -0.39 is 0 Å². The summed E-state index contributed by atoms with van der Waals surface area (Å²) in [6.07, 6.45) is 0. The van der Waals surface area contributed by atoms with Crippen molar-refractivity contribution in [2.24, 2.45) is 0 Å². The van der Waals surface area contributed by atoms with Crippen molar-refractivity contribution in [3.05, 3.63) is 158 Å². The highest BCUT2D eigenvalue weighted by atomic mass is 15.0. The second kappa shape index (κ2) is 12.2. The molecule has 52 heavy (non-hydrogen) atoms. The van der Waals surface area contributed by atoms with Crippen LogP contribution in [-0.4, -0.2) is 39.9 Å².